The predicted molar refractivity (Wildman–Crippen MR) is 55.9 cm³/mol. The van der Waals surface area contributed by atoms with Crippen molar-refractivity contribution in [2.45, 2.75) is 6.42 Å². The second-order valence-corrected chi connectivity index (χ2v) is 3.06. The monoisotopic (exact) mass is 169 g/mol. The SMILES string of the molecule is N=C1C=CC=C/C1=C1\C=CC=CC1. The summed E-state index contributed by atoms with van der Waals surface area (Å²) < 4.78 is 0. The highest BCUT2D eigenvalue weighted by Gasteiger charge is 2.07. The number of rotatable bonds is 0. The van der Waals surface area contributed by atoms with E-state index in [1.165, 1.54) is 5.57 Å². The second-order valence-electron chi connectivity index (χ2n) is 3.06. The molecule has 0 unspecified atom stereocenters. The molecule has 0 aliphatic heterocycles. The van der Waals surface area contributed by atoms with Crippen molar-refractivity contribution in [1.29, 1.82) is 5.41 Å². The maximum Gasteiger partial charge on any atom is 0.0615 e. The Labute approximate surface area is 78.0 Å². The molecule has 2 aliphatic rings. The molecule has 0 saturated carbocycles. The lowest BCUT2D eigenvalue weighted by Crippen LogP contribution is -2.01. The van der Waals surface area contributed by atoms with Gasteiger partial charge in [0, 0.05) is 5.57 Å². The molecule has 1 nitrogen and oxygen atoms in total. The fourth-order valence-corrected chi connectivity index (χ4v) is 1.48. The number of hydrogen-bond donors (Lipinski definition) is 1. The van der Waals surface area contributed by atoms with Crippen LogP contribution in [0, 0.1) is 5.41 Å². The van der Waals surface area contributed by atoms with Gasteiger partial charge in [0.2, 0.25) is 0 Å². The van der Waals surface area contributed by atoms with Gasteiger partial charge in [0.05, 0.1) is 5.71 Å². The molecule has 0 spiro atoms. The molecule has 0 aromatic heterocycles. The largest absolute Gasteiger partial charge is 0.300 e. The minimum atomic E-state index is 0.609. The van der Waals surface area contributed by atoms with Crippen LogP contribution in [-0.4, -0.2) is 5.71 Å². The Hall–Kier alpha value is -1.63. The Kier molecular flexibility index (Phi) is 2.09. The molecule has 0 fully saturated rings. The average Bonchev–Trinajstić information content (AvgIpc) is 2.20. The zero-order valence-corrected chi connectivity index (χ0v) is 7.33. The first-order valence-electron chi connectivity index (χ1n) is 4.38. The van der Waals surface area contributed by atoms with Gasteiger partial charge < -0.3 is 5.41 Å². The minimum Gasteiger partial charge on any atom is -0.300 e. The summed E-state index contributed by atoms with van der Waals surface area (Å²) in [5.74, 6) is 0. The van der Waals surface area contributed by atoms with Gasteiger partial charge in [-0.1, -0.05) is 42.5 Å². The zero-order valence-electron chi connectivity index (χ0n) is 7.33. The summed E-state index contributed by atoms with van der Waals surface area (Å²) in [6.07, 6.45) is 16.9. The van der Waals surface area contributed by atoms with Crippen molar-refractivity contribution < 1.29 is 0 Å². The Morgan fingerprint density at radius 1 is 0.923 bits per heavy atom. The normalized spacial score (nSPS) is 25.7. The van der Waals surface area contributed by atoms with Crippen LogP contribution >= 0.6 is 0 Å². The highest BCUT2D eigenvalue weighted by Crippen LogP contribution is 2.19. The van der Waals surface area contributed by atoms with Gasteiger partial charge in [-0.15, -0.1) is 0 Å². The lowest BCUT2D eigenvalue weighted by atomic mass is 9.95. The third kappa shape index (κ3) is 1.59. The third-order valence-electron chi connectivity index (χ3n) is 2.16. The van der Waals surface area contributed by atoms with Crippen molar-refractivity contribution in [3.05, 3.63) is 59.8 Å². The number of hydrogen-bond acceptors (Lipinski definition) is 1. The van der Waals surface area contributed by atoms with Crippen LogP contribution < -0.4 is 0 Å². The molecule has 1 N–H and O–H groups in total. The molecular formula is C12H11N. The molecule has 0 amide bonds. The highest BCUT2D eigenvalue weighted by atomic mass is 14.4. The van der Waals surface area contributed by atoms with E-state index < -0.39 is 0 Å². The van der Waals surface area contributed by atoms with Crippen LogP contribution in [0.5, 0.6) is 0 Å². The van der Waals surface area contributed by atoms with Crippen LogP contribution in [0.1, 0.15) is 6.42 Å². The van der Waals surface area contributed by atoms with Crippen LogP contribution in [0.4, 0.5) is 0 Å². The van der Waals surface area contributed by atoms with Crippen LogP contribution in [0.15, 0.2) is 59.8 Å². The molecule has 0 saturated heterocycles. The molecule has 0 aromatic rings. The lowest BCUT2D eigenvalue weighted by Gasteiger charge is -2.10. The van der Waals surface area contributed by atoms with Gasteiger partial charge in [0.25, 0.3) is 0 Å². The fourth-order valence-electron chi connectivity index (χ4n) is 1.48. The quantitative estimate of drug-likeness (QED) is 0.576. The van der Waals surface area contributed by atoms with Crippen LogP contribution in [0.25, 0.3) is 0 Å². The van der Waals surface area contributed by atoms with Crippen LogP contribution in [0.3, 0.4) is 0 Å². The van der Waals surface area contributed by atoms with E-state index in [1.54, 1.807) is 0 Å². The molecule has 0 radical (unpaired) electrons. The van der Waals surface area contributed by atoms with Crippen molar-refractivity contribution >= 4 is 5.71 Å². The van der Waals surface area contributed by atoms with Gasteiger partial charge in [0.15, 0.2) is 0 Å². The molecule has 13 heavy (non-hydrogen) atoms. The third-order valence-corrected chi connectivity index (χ3v) is 2.16. The van der Waals surface area contributed by atoms with Crippen LogP contribution in [0.2, 0.25) is 0 Å². The molecule has 0 aromatic carbocycles. The van der Waals surface area contributed by atoms with E-state index >= 15 is 0 Å². The zero-order chi connectivity index (χ0) is 9.10. The summed E-state index contributed by atoms with van der Waals surface area (Å²) in [5, 5.41) is 7.73. The Bertz CT molecular complexity index is 376. The first-order chi connectivity index (χ1) is 6.38. The molecule has 0 heterocycles. The number of nitrogens with one attached hydrogen (secondary N) is 1. The topological polar surface area (TPSA) is 23.9 Å². The van der Waals surface area contributed by atoms with Crippen molar-refractivity contribution in [2.24, 2.45) is 0 Å². The lowest BCUT2D eigenvalue weighted by molar-refractivity contribution is 1.24. The van der Waals surface area contributed by atoms with E-state index in [4.69, 9.17) is 5.41 Å². The minimum absolute atomic E-state index is 0.609. The van der Waals surface area contributed by atoms with Gasteiger partial charge >= 0.3 is 0 Å². The van der Waals surface area contributed by atoms with E-state index in [0.29, 0.717) is 5.71 Å². The summed E-state index contributed by atoms with van der Waals surface area (Å²) >= 11 is 0. The Morgan fingerprint density at radius 3 is 2.38 bits per heavy atom. The van der Waals surface area contributed by atoms with Gasteiger partial charge in [-0.05, 0) is 18.1 Å². The molecule has 64 valence electrons. The summed E-state index contributed by atoms with van der Waals surface area (Å²) in [6.45, 7) is 0. The van der Waals surface area contributed by atoms with E-state index in [2.05, 4.69) is 12.2 Å². The summed E-state index contributed by atoms with van der Waals surface area (Å²) in [4.78, 5) is 0. The van der Waals surface area contributed by atoms with E-state index in [-0.39, 0.29) is 0 Å². The molecule has 2 aliphatic carbocycles. The van der Waals surface area contributed by atoms with Gasteiger partial charge in [-0.25, -0.2) is 0 Å². The van der Waals surface area contributed by atoms with Crippen molar-refractivity contribution in [3.63, 3.8) is 0 Å². The first-order valence-corrected chi connectivity index (χ1v) is 4.38. The maximum absolute atomic E-state index is 7.73. The van der Waals surface area contributed by atoms with Gasteiger partial charge in [-0.3, -0.25) is 0 Å². The second kappa shape index (κ2) is 3.40. The summed E-state index contributed by atoms with van der Waals surface area (Å²) in [7, 11) is 0. The maximum atomic E-state index is 7.73. The molecule has 0 atom stereocenters. The molecular weight excluding hydrogens is 158 g/mol. The van der Waals surface area contributed by atoms with Gasteiger partial charge in [0.1, 0.15) is 0 Å². The van der Waals surface area contributed by atoms with Crippen molar-refractivity contribution in [3.8, 4) is 0 Å². The Balaban J connectivity index is 2.38. The van der Waals surface area contributed by atoms with E-state index in [1.807, 2.05) is 36.5 Å². The standard InChI is InChI=1S/C12H11N/c13-12-9-5-4-8-11(12)10-6-2-1-3-7-10/h1-6,8-9,13H,7H2/b11-10-,13-12?. The fraction of sp³-hybridized carbons (Fsp3) is 0.0833. The average molecular weight is 169 g/mol. The van der Waals surface area contributed by atoms with E-state index in [9.17, 15) is 0 Å². The molecule has 2 rings (SSSR count). The molecule has 1 heteroatoms. The predicted octanol–water partition coefficient (Wildman–Crippen LogP) is 2.94. The smallest absolute Gasteiger partial charge is 0.0615 e. The summed E-state index contributed by atoms with van der Waals surface area (Å²) in [5.41, 5.74) is 2.88. The highest BCUT2D eigenvalue weighted by molar-refractivity contribution is 6.10. The Morgan fingerprint density at radius 2 is 1.69 bits per heavy atom. The van der Waals surface area contributed by atoms with Crippen LogP contribution in [-0.2, 0) is 0 Å². The van der Waals surface area contributed by atoms with Crippen molar-refractivity contribution in [2.75, 3.05) is 0 Å². The van der Waals surface area contributed by atoms with Gasteiger partial charge in [-0.2, -0.15) is 0 Å². The first kappa shape index (κ1) is 7.99. The number of allylic oxidation sites excluding steroid dienone is 10. The summed E-state index contributed by atoms with van der Waals surface area (Å²) in [6, 6.07) is 0. The van der Waals surface area contributed by atoms with E-state index in [0.717, 1.165) is 12.0 Å². The molecule has 0 bridgehead atoms. The van der Waals surface area contributed by atoms with Crippen molar-refractivity contribution in [1.82, 2.24) is 0 Å².